The zero-order valence-corrected chi connectivity index (χ0v) is 10.3. The second-order valence-corrected chi connectivity index (χ2v) is 4.00. The molecule has 0 heterocycles. The Morgan fingerprint density at radius 2 is 2.12 bits per heavy atom. The molecule has 16 heavy (non-hydrogen) atoms. The first kappa shape index (κ1) is 12.8. The predicted molar refractivity (Wildman–Crippen MR) is 66.1 cm³/mol. The highest BCUT2D eigenvalue weighted by Crippen LogP contribution is 2.25. The van der Waals surface area contributed by atoms with Crippen molar-refractivity contribution in [1.29, 1.82) is 0 Å². The molecule has 1 unspecified atom stereocenters. The SMILES string of the molecule is CCCOc1ccc(CC(C)N)c(OC)c1. The van der Waals surface area contributed by atoms with Gasteiger partial charge in [-0.05, 0) is 31.4 Å². The Morgan fingerprint density at radius 3 is 2.69 bits per heavy atom. The van der Waals surface area contributed by atoms with E-state index >= 15 is 0 Å². The van der Waals surface area contributed by atoms with Crippen LogP contribution in [0.5, 0.6) is 11.5 Å². The van der Waals surface area contributed by atoms with E-state index in [-0.39, 0.29) is 6.04 Å². The number of nitrogens with two attached hydrogens (primary N) is 1. The largest absolute Gasteiger partial charge is 0.496 e. The Labute approximate surface area is 97.6 Å². The van der Waals surface area contributed by atoms with Gasteiger partial charge in [-0.2, -0.15) is 0 Å². The van der Waals surface area contributed by atoms with Crippen LogP contribution in [-0.2, 0) is 6.42 Å². The summed E-state index contributed by atoms with van der Waals surface area (Å²) in [5, 5.41) is 0. The zero-order chi connectivity index (χ0) is 12.0. The van der Waals surface area contributed by atoms with Gasteiger partial charge in [0.25, 0.3) is 0 Å². The molecule has 0 radical (unpaired) electrons. The lowest BCUT2D eigenvalue weighted by atomic mass is 10.1. The molecule has 0 amide bonds. The molecule has 0 aliphatic heterocycles. The summed E-state index contributed by atoms with van der Waals surface area (Å²) in [4.78, 5) is 0. The fourth-order valence-electron chi connectivity index (χ4n) is 1.55. The maximum atomic E-state index is 5.78. The Bertz CT molecular complexity index is 324. The smallest absolute Gasteiger partial charge is 0.125 e. The van der Waals surface area contributed by atoms with Crippen LogP contribution in [0.15, 0.2) is 18.2 Å². The van der Waals surface area contributed by atoms with Crippen LogP contribution in [-0.4, -0.2) is 19.8 Å². The monoisotopic (exact) mass is 223 g/mol. The molecule has 90 valence electrons. The molecule has 1 atom stereocenters. The standard InChI is InChI=1S/C13H21NO2/c1-4-7-16-12-6-5-11(8-10(2)14)13(9-12)15-3/h5-6,9-10H,4,7-8,14H2,1-3H3. The molecule has 1 rings (SSSR count). The van der Waals surface area contributed by atoms with E-state index < -0.39 is 0 Å². The number of hydrogen-bond acceptors (Lipinski definition) is 3. The van der Waals surface area contributed by atoms with Gasteiger partial charge in [0.1, 0.15) is 11.5 Å². The molecule has 2 N–H and O–H groups in total. The summed E-state index contributed by atoms with van der Waals surface area (Å²) in [7, 11) is 1.67. The van der Waals surface area contributed by atoms with E-state index in [1.54, 1.807) is 7.11 Å². The van der Waals surface area contributed by atoms with Crippen LogP contribution in [0, 0.1) is 0 Å². The molecule has 1 aromatic rings. The quantitative estimate of drug-likeness (QED) is 0.805. The summed E-state index contributed by atoms with van der Waals surface area (Å²) < 4.78 is 10.9. The first-order valence-electron chi connectivity index (χ1n) is 5.72. The summed E-state index contributed by atoms with van der Waals surface area (Å²) >= 11 is 0. The van der Waals surface area contributed by atoms with Crippen molar-refractivity contribution in [2.45, 2.75) is 32.7 Å². The lowest BCUT2D eigenvalue weighted by Crippen LogP contribution is -2.18. The van der Waals surface area contributed by atoms with Gasteiger partial charge in [-0.1, -0.05) is 13.0 Å². The maximum absolute atomic E-state index is 5.78. The van der Waals surface area contributed by atoms with Crippen LogP contribution in [0.25, 0.3) is 0 Å². The lowest BCUT2D eigenvalue weighted by molar-refractivity contribution is 0.314. The summed E-state index contributed by atoms with van der Waals surface area (Å²) in [6.07, 6.45) is 1.82. The van der Waals surface area contributed by atoms with Crippen LogP contribution in [0.1, 0.15) is 25.8 Å². The van der Waals surface area contributed by atoms with Crippen molar-refractivity contribution in [3.8, 4) is 11.5 Å². The Morgan fingerprint density at radius 1 is 1.38 bits per heavy atom. The van der Waals surface area contributed by atoms with Crippen molar-refractivity contribution in [3.63, 3.8) is 0 Å². The number of benzene rings is 1. The highest BCUT2D eigenvalue weighted by atomic mass is 16.5. The molecule has 0 saturated heterocycles. The minimum atomic E-state index is 0.135. The number of rotatable bonds is 6. The predicted octanol–water partition coefficient (Wildman–Crippen LogP) is 2.37. The highest BCUT2D eigenvalue weighted by Gasteiger charge is 2.07. The van der Waals surface area contributed by atoms with E-state index in [9.17, 15) is 0 Å². The zero-order valence-electron chi connectivity index (χ0n) is 10.3. The van der Waals surface area contributed by atoms with Gasteiger partial charge in [0.2, 0.25) is 0 Å². The van der Waals surface area contributed by atoms with Crippen molar-refractivity contribution < 1.29 is 9.47 Å². The minimum Gasteiger partial charge on any atom is -0.496 e. The highest BCUT2D eigenvalue weighted by molar-refractivity contribution is 5.41. The van der Waals surface area contributed by atoms with E-state index in [1.807, 2.05) is 25.1 Å². The van der Waals surface area contributed by atoms with Gasteiger partial charge in [0.05, 0.1) is 13.7 Å². The van der Waals surface area contributed by atoms with Crippen LogP contribution in [0.3, 0.4) is 0 Å². The van der Waals surface area contributed by atoms with Crippen molar-refractivity contribution >= 4 is 0 Å². The molecular formula is C13H21NO2. The second-order valence-electron chi connectivity index (χ2n) is 4.00. The average molecular weight is 223 g/mol. The lowest BCUT2D eigenvalue weighted by Gasteiger charge is -2.12. The van der Waals surface area contributed by atoms with Crippen LogP contribution < -0.4 is 15.2 Å². The van der Waals surface area contributed by atoms with Gasteiger partial charge in [-0.15, -0.1) is 0 Å². The van der Waals surface area contributed by atoms with E-state index in [4.69, 9.17) is 15.2 Å². The summed E-state index contributed by atoms with van der Waals surface area (Å²) in [6, 6.07) is 6.05. The molecule has 0 spiro atoms. The van der Waals surface area contributed by atoms with Gasteiger partial charge in [-0.25, -0.2) is 0 Å². The third-order valence-corrected chi connectivity index (χ3v) is 2.27. The molecule has 0 fully saturated rings. The molecular weight excluding hydrogens is 202 g/mol. The molecule has 1 aromatic carbocycles. The first-order chi connectivity index (χ1) is 7.67. The van der Waals surface area contributed by atoms with Crippen LogP contribution >= 0.6 is 0 Å². The number of hydrogen-bond donors (Lipinski definition) is 1. The minimum absolute atomic E-state index is 0.135. The van der Waals surface area contributed by atoms with Crippen molar-refractivity contribution in [3.05, 3.63) is 23.8 Å². The van der Waals surface area contributed by atoms with Crippen LogP contribution in [0.2, 0.25) is 0 Å². The van der Waals surface area contributed by atoms with Gasteiger partial charge in [-0.3, -0.25) is 0 Å². The topological polar surface area (TPSA) is 44.5 Å². The molecule has 0 aromatic heterocycles. The maximum Gasteiger partial charge on any atom is 0.125 e. The number of ether oxygens (including phenoxy) is 2. The summed E-state index contributed by atoms with van der Waals surface area (Å²) in [5.74, 6) is 1.71. The van der Waals surface area contributed by atoms with Gasteiger partial charge in [0, 0.05) is 12.1 Å². The summed E-state index contributed by atoms with van der Waals surface area (Å²) in [6.45, 7) is 4.80. The Balaban J connectivity index is 2.79. The molecule has 0 saturated carbocycles. The molecule has 0 aliphatic rings. The van der Waals surface area contributed by atoms with Crippen molar-refractivity contribution in [1.82, 2.24) is 0 Å². The van der Waals surface area contributed by atoms with E-state index in [0.717, 1.165) is 36.5 Å². The van der Waals surface area contributed by atoms with Gasteiger partial charge >= 0.3 is 0 Å². The average Bonchev–Trinajstić information content (AvgIpc) is 2.27. The fraction of sp³-hybridized carbons (Fsp3) is 0.538. The van der Waals surface area contributed by atoms with Crippen LogP contribution in [0.4, 0.5) is 0 Å². The second kappa shape index (κ2) is 6.38. The summed E-state index contributed by atoms with van der Waals surface area (Å²) in [5.41, 5.74) is 6.91. The normalized spacial score (nSPS) is 12.2. The number of methoxy groups -OCH3 is 1. The third-order valence-electron chi connectivity index (χ3n) is 2.27. The van der Waals surface area contributed by atoms with Gasteiger partial charge < -0.3 is 15.2 Å². The third kappa shape index (κ3) is 3.74. The molecule has 0 aliphatic carbocycles. The molecule has 3 nitrogen and oxygen atoms in total. The fourth-order valence-corrected chi connectivity index (χ4v) is 1.55. The van der Waals surface area contributed by atoms with E-state index in [2.05, 4.69) is 6.92 Å². The molecule has 0 bridgehead atoms. The van der Waals surface area contributed by atoms with Crippen molar-refractivity contribution in [2.24, 2.45) is 5.73 Å². The first-order valence-corrected chi connectivity index (χ1v) is 5.72. The van der Waals surface area contributed by atoms with Gasteiger partial charge in [0.15, 0.2) is 0 Å². The van der Waals surface area contributed by atoms with Crippen molar-refractivity contribution in [2.75, 3.05) is 13.7 Å². The molecule has 3 heteroatoms. The Kier molecular flexibility index (Phi) is 5.12. The van der Waals surface area contributed by atoms with E-state index in [1.165, 1.54) is 0 Å². The van der Waals surface area contributed by atoms with E-state index in [0.29, 0.717) is 0 Å². The Hall–Kier alpha value is -1.22.